The van der Waals surface area contributed by atoms with Crippen LogP contribution in [0.25, 0.3) is 0 Å². The van der Waals surface area contributed by atoms with Gasteiger partial charge in [-0.25, -0.2) is 9.97 Å². The van der Waals surface area contributed by atoms with Crippen LogP contribution in [0.2, 0.25) is 0 Å². The quantitative estimate of drug-likeness (QED) is 0.839. The van der Waals surface area contributed by atoms with E-state index in [9.17, 15) is 5.11 Å². The zero-order valence-corrected chi connectivity index (χ0v) is 11.1. The van der Waals surface area contributed by atoms with E-state index in [0.717, 1.165) is 18.7 Å². The Morgan fingerprint density at radius 3 is 2.94 bits per heavy atom. The number of hydrogen-bond acceptors (Lipinski definition) is 5. The fourth-order valence-electron chi connectivity index (χ4n) is 2.48. The minimum atomic E-state index is -0.491. The number of hydrogen-bond donors (Lipinski definition) is 1. The molecule has 1 N–H and O–H groups in total. The smallest absolute Gasteiger partial charge is 0.135 e. The molecule has 0 amide bonds. The lowest BCUT2D eigenvalue weighted by Crippen LogP contribution is -2.33. The first-order valence-corrected chi connectivity index (χ1v) is 6.43. The lowest BCUT2D eigenvalue weighted by Gasteiger charge is -2.26. The Bertz CT molecular complexity index is 398. The highest BCUT2D eigenvalue weighted by Crippen LogP contribution is 2.26. The Labute approximate surface area is 108 Å². The number of methoxy groups -OCH3 is 1. The maximum Gasteiger partial charge on any atom is 0.135 e. The fourth-order valence-corrected chi connectivity index (χ4v) is 2.48. The molecule has 1 atom stereocenters. The summed E-state index contributed by atoms with van der Waals surface area (Å²) >= 11 is 0. The summed E-state index contributed by atoms with van der Waals surface area (Å²) in [4.78, 5) is 10.7. The summed E-state index contributed by atoms with van der Waals surface area (Å²) in [5.74, 6) is 0.954. The summed E-state index contributed by atoms with van der Waals surface area (Å²) in [6, 6.07) is 0. The minimum Gasteiger partial charge on any atom is -0.389 e. The van der Waals surface area contributed by atoms with Crippen LogP contribution in [0.5, 0.6) is 0 Å². The lowest BCUT2D eigenvalue weighted by atomic mass is 9.96. The maximum absolute atomic E-state index is 9.77. The highest BCUT2D eigenvalue weighted by molar-refractivity contribution is 5.49. The van der Waals surface area contributed by atoms with Gasteiger partial charge in [0.15, 0.2) is 0 Å². The van der Waals surface area contributed by atoms with Gasteiger partial charge in [-0.15, -0.1) is 0 Å². The van der Waals surface area contributed by atoms with Gasteiger partial charge in [0.05, 0.1) is 12.7 Å². The number of aryl methyl sites for hydroxylation is 1. The third kappa shape index (κ3) is 2.97. The molecule has 5 nitrogen and oxygen atoms in total. The largest absolute Gasteiger partial charge is 0.389 e. The van der Waals surface area contributed by atoms with E-state index in [-0.39, 0.29) is 0 Å². The van der Waals surface area contributed by atoms with Crippen molar-refractivity contribution in [1.82, 2.24) is 9.97 Å². The van der Waals surface area contributed by atoms with Gasteiger partial charge in [0.2, 0.25) is 0 Å². The summed E-state index contributed by atoms with van der Waals surface area (Å²) in [6.45, 7) is 0.870. The molecule has 5 heteroatoms. The fraction of sp³-hybridized carbons (Fsp3) is 0.692. The van der Waals surface area contributed by atoms with Crippen molar-refractivity contribution in [2.45, 2.75) is 31.8 Å². The van der Waals surface area contributed by atoms with Gasteiger partial charge >= 0.3 is 0 Å². The molecular formula is C13H21N3O2. The highest BCUT2D eigenvalue weighted by Gasteiger charge is 2.19. The molecule has 0 spiro atoms. The van der Waals surface area contributed by atoms with Crippen LogP contribution in [-0.2, 0) is 17.6 Å². The van der Waals surface area contributed by atoms with Crippen molar-refractivity contribution in [3.8, 4) is 0 Å². The maximum atomic E-state index is 9.77. The van der Waals surface area contributed by atoms with Crippen LogP contribution < -0.4 is 4.90 Å². The van der Waals surface area contributed by atoms with Gasteiger partial charge in [-0.05, 0) is 25.7 Å². The van der Waals surface area contributed by atoms with Gasteiger partial charge in [0.25, 0.3) is 0 Å². The highest BCUT2D eigenvalue weighted by atomic mass is 16.5. The molecule has 1 aromatic rings. The van der Waals surface area contributed by atoms with Crippen LogP contribution >= 0.6 is 0 Å². The number of fused-ring (bicyclic) bond motifs is 1. The molecule has 18 heavy (non-hydrogen) atoms. The molecule has 0 radical (unpaired) electrons. The number of ether oxygens (including phenoxy) is 1. The molecule has 1 aliphatic rings. The molecule has 2 rings (SSSR count). The van der Waals surface area contributed by atoms with Crippen LogP contribution in [0.3, 0.4) is 0 Å². The Morgan fingerprint density at radius 2 is 2.17 bits per heavy atom. The van der Waals surface area contributed by atoms with Crippen molar-refractivity contribution in [2.75, 3.05) is 32.2 Å². The molecule has 0 saturated carbocycles. The Balaban J connectivity index is 2.12. The van der Waals surface area contributed by atoms with Crippen molar-refractivity contribution in [3.05, 3.63) is 17.6 Å². The van der Waals surface area contributed by atoms with Gasteiger partial charge < -0.3 is 14.7 Å². The molecule has 100 valence electrons. The molecule has 0 bridgehead atoms. The van der Waals surface area contributed by atoms with E-state index >= 15 is 0 Å². The molecule has 1 unspecified atom stereocenters. The topological polar surface area (TPSA) is 58.5 Å². The lowest BCUT2D eigenvalue weighted by molar-refractivity contribution is 0.0694. The van der Waals surface area contributed by atoms with Crippen molar-refractivity contribution in [1.29, 1.82) is 0 Å². The zero-order valence-electron chi connectivity index (χ0n) is 11.1. The summed E-state index contributed by atoms with van der Waals surface area (Å²) in [6.07, 6.45) is 5.62. The van der Waals surface area contributed by atoms with Crippen LogP contribution in [0.15, 0.2) is 6.33 Å². The third-order valence-electron chi connectivity index (χ3n) is 3.31. The first-order chi connectivity index (χ1) is 8.72. The van der Waals surface area contributed by atoms with Crippen molar-refractivity contribution < 1.29 is 9.84 Å². The van der Waals surface area contributed by atoms with Gasteiger partial charge in [-0.3, -0.25) is 0 Å². The molecule has 1 heterocycles. The molecule has 1 aromatic heterocycles. The van der Waals surface area contributed by atoms with Gasteiger partial charge in [0, 0.05) is 32.0 Å². The molecule has 0 fully saturated rings. The molecule has 1 aliphatic carbocycles. The monoisotopic (exact) mass is 251 g/mol. The van der Waals surface area contributed by atoms with Gasteiger partial charge in [-0.1, -0.05) is 0 Å². The summed E-state index contributed by atoms with van der Waals surface area (Å²) in [5.41, 5.74) is 2.41. The normalized spacial score (nSPS) is 16.2. The average molecular weight is 251 g/mol. The van der Waals surface area contributed by atoms with Crippen molar-refractivity contribution in [3.63, 3.8) is 0 Å². The number of aromatic nitrogens is 2. The van der Waals surface area contributed by atoms with Crippen LogP contribution in [-0.4, -0.2) is 48.5 Å². The van der Waals surface area contributed by atoms with Gasteiger partial charge in [0.1, 0.15) is 12.1 Å². The molecule has 0 saturated heterocycles. The Kier molecular flexibility index (Phi) is 4.49. The summed E-state index contributed by atoms with van der Waals surface area (Å²) < 4.78 is 4.94. The first kappa shape index (κ1) is 13.2. The van der Waals surface area contributed by atoms with E-state index in [4.69, 9.17) is 4.74 Å². The van der Waals surface area contributed by atoms with Crippen LogP contribution in [0.1, 0.15) is 24.1 Å². The predicted octanol–water partition coefficient (Wildman–Crippen LogP) is 0.799. The molecular weight excluding hydrogens is 230 g/mol. The standard InChI is InChI=1S/C13H21N3O2/c1-16(7-10(17)8-18-2)13-11-5-3-4-6-12(11)14-9-15-13/h9-10,17H,3-8H2,1-2H3. The molecule has 0 aromatic carbocycles. The average Bonchev–Trinajstić information content (AvgIpc) is 2.38. The van der Waals surface area contributed by atoms with Crippen LogP contribution in [0.4, 0.5) is 5.82 Å². The van der Waals surface area contributed by atoms with E-state index in [1.165, 1.54) is 24.1 Å². The van der Waals surface area contributed by atoms with E-state index in [1.807, 2.05) is 11.9 Å². The van der Waals surface area contributed by atoms with E-state index in [0.29, 0.717) is 13.2 Å². The number of aliphatic hydroxyl groups excluding tert-OH is 1. The summed E-state index contributed by atoms with van der Waals surface area (Å²) in [5, 5.41) is 9.77. The first-order valence-electron chi connectivity index (χ1n) is 6.43. The third-order valence-corrected chi connectivity index (χ3v) is 3.31. The second-order valence-electron chi connectivity index (χ2n) is 4.82. The Morgan fingerprint density at radius 1 is 1.39 bits per heavy atom. The second-order valence-corrected chi connectivity index (χ2v) is 4.82. The number of nitrogens with zero attached hydrogens (tertiary/aromatic N) is 3. The zero-order chi connectivity index (χ0) is 13.0. The van der Waals surface area contributed by atoms with Crippen molar-refractivity contribution >= 4 is 5.82 Å². The number of aliphatic hydroxyl groups is 1. The number of anilines is 1. The number of likely N-dealkylation sites (N-methyl/N-ethyl adjacent to an activating group) is 1. The second kappa shape index (κ2) is 6.11. The SMILES string of the molecule is COCC(O)CN(C)c1ncnc2c1CCCC2. The van der Waals surface area contributed by atoms with E-state index in [1.54, 1.807) is 13.4 Å². The van der Waals surface area contributed by atoms with Gasteiger partial charge in [-0.2, -0.15) is 0 Å². The Hall–Kier alpha value is -1.20. The van der Waals surface area contributed by atoms with E-state index < -0.39 is 6.10 Å². The summed E-state index contributed by atoms with van der Waals surface area (Å²) in [7, 11) is 3.55. The van der Waals surface area contributed by atoms with E-state index in [2.05, 4.69) is 9.97 Å². The minimum absolute atomic E-state index is 0.345. The molecule has 0 aliphatic heterocycles. The number of rotatable bonds is 5. The predicted molar refractivity (Wildman–Crippen MR) is 69.8 cm³/mol. The van der Waals surface area contributed by atoms with Crippen molar-refractivity contribution in [2.24, 2.45) is 0 Å². The van der Waals surface area contributed by atoms with Crippen LogP contribution in [0, 0.1) is 0 Å².